The van der Waals surface area contributed by atoms with Crippen molar-refractivity contribution in [1.29, 1.82) is 0 Å². The minimum Gasteiger partial charge on any atom is -0.480 e. The van der Waals surface area contributed by atoms with Crippen LogP contribution in [0.4, 0.5) is 13.2 Å². The number of hydrogen-bond donors (Lipinski definition) is 1. The number of alkyl halides is 3. The van der Waals surface area contributed by atoms with Crippen LogP contribution >= 0.6 is 0 Å². The van der Waals surface area contributed by atoms with E-state index in [4.69, 9.17) is 5.11 Å². The first-order valence-electron chi connectivity index (χ1n) is 4.88. The van der Waals surface area contributed by atoms with Crippen molar-refractivity contribution in [2.45, 2.75) is 31.3 Å². The Bertz CT molecular complexity index is 405. The highest BCUT2D eigenvalue weighted by atomic mass is 32.2. The van der Waals surface area contributed by atoms with Crippen LogP contribution in [0.1, 0.15) is 19.8 Å². The molecule has 0 radical (unpaired) electrons. The lowest BCUT2D eigenvalue weighted by atomic mass is 9.94. The average molecular weight is 275 g/mol. The summed E-state index contributed by atoms with van der Waals surface area (Å²) >= 11 is 0. The molecule has 0 bridgehead atoms. The van der Waals surface area contributed by atoms with Crippen molar-refractivity contribution in [3.05, 3.63) is 0 Å². The molecule has 0 aromatic heterocycles. The molecule has 1 rings (SSSR count). The van der Waals surface area contributed by atoms with Crippen LogP contribution in [-0.2, 0) is 14.8 Å². The molecule has 0 spiro atoms. The molecular weight excluding hydrogens is 263 g/mol. The van der Waals surface area contributed by atoms with Gasteiger partial charge in [0.25, 0.3) is 0 Å². The van der Waals surface area contributed by atoms with E-state index in [1.54, 1.807) is 6.92 Å². The van der Waals surface area contributed by atoms with E-state index in [1.165, 1.54) is 0 Å². The van der Waals surface area contributed by atoms with Crippen molar-refractivity contribution in [1.82, 2.24) is 4.31 Å². The number of halogens is 3. The summed E-state index contributed by atoms with van der Waals surface area (Å²) in [4.78, 5) is 10.8. The van der Waals surface area contributed by atoms with Gasteiger partial charge in [0, 0.05) is 6.54 Å². The minimum absolute atomic E-state index is 0.0370. The van der Waals surface area contributed by atoms with Gasteiger partial charge in [-0.15, -0.1) is 0 Å². The zero-order valence-corrected chi connectivity index (χ0v) is 9.75. The van der Waals surface area contributed by atoms with Gasteiger partial charge in [0.15, 0.2) is 0 Å². The molecule has 0 aromatic rings. The molecule has 1 N–H and O–H groups in total. The first-order chi connectivity index (χ1) is 7.57. The van der Waals surface area contributed by atoms with Gasteiger partial charge < -0.3 is 5.11 Å². The topological polar surface area (TPSA) is 74.7 Å². The maximum atomic E-state index is 12.3. The normalized spacial score (nSPS) is 28.0. The van der Waals surface area contributed by atoms with Gasteiger partial charge in [0.05, 0.1) is 0 Å². The smallest absolute Gasteiger partial charge is 0.480 e. The Balaban J connectivity index is 3.07. The Kier molecular flexibility index (Phi) is 3.72. The van der Waals surface area contributed by atoms with Crippen LogP contribution < -0.4 is 0 Å². The molecule has 5 nitrogen and oxygen atoms in total. The van der Waals surface area contributed by atoms with E-state index in [2.05, 4.69) is 0 Å². The Labute approximate surface area is 96.3 Å². The lowest BCUT2D eigenvalue weighted by Crippen LogP contribution is -2.53. The van der Waals surface area contributed by atoms with Crippen molar-refractivity contribution >= 4 is 16.0 Å². The Hall–Kier alpha value is -0.830. The third-order valence-corrected chi connectivity index (χ3v) is 4.34. The van der Waals surface area contributed by atoms with Crippen molar-refractivity contribution in [2.75, 3.05) is 6.54 Å². The van der Waals surface area contributed by atoms with Crippen molar-refractivity contribution in [3.63, 3.8) is 0 Å². The van der Waals surface area contributed by atoms with E-state index >= 15 is 0 Å². The summed E-state index contributed by atoms with van der Waals surface area (Å²) < 4.78 is 59.4. The van der Waals surface area contributed by atoms with Crippen LogP contribution in [0, 0.1) is 5.92 Å². The minimum atomic E-state index is -5.56. The lowest BCUT2D eigenvalue weighted by Gasteiger charge is -2.35. The van der Waals surface area contributed by atoms with E-state index in [1.807, 2.05) is 0 Å². The molecule has 9 heteroatoms. The molecule has 1 fully saturated rings. The first kappa shape index (κ1) is 14.2. The van der Waals surface area contributed by atoms with E-state index in [0.29, 0.717) is 0 Å². The molecule has 17 heavy (non-hydrogen) atoms. The lowest BCUT2D eigenvalue weighted by molar-refractivity contribution is -0.143. The van der Waals surface area contributed by atoms with Crippen molar-refractivity contribution < 1.29 is 31.5 Å². The fraction of sp³-hybridized carbons (Fsp3) is 0.875. The molecule has 1 aliphatic rings. The number of nitrogens with zero attached hydrogens (tertiary/aromatic N) is 1. The first-order valence-corrected chi connectivity index (χ1v) is 6.32. The highest BCUT2D eigenvalue weighted by molar-refractivity contribution is 7.90. The molecule has 1 aliphatic heterocycles. The maximum absolute atomic E-state index is 12.3. The monoisotopic (exact) mass is 275 g/mol. The Morgan fingerprint density at radius 1 is 1.41 bits per heavy atom. The molecule has 1 saturated heterocycles. The summed E-state index contributed by atoms with van der Waals surface area (Å²) in [5, 5.41) is 8.78. The number of carboxylic acids is 1. The summed E-state index contributed by atoms with van der Waals surface area (Å²) in [6, 6.07) is -1.63. The zero-order valence-electron chi connectivity index (χ0n) is 8.94. The molecule has 0 amide bonds. The molecule has 100 valence electrons. The average Bonchev–Trinajstić information content (AvgIpc) is 2.15. The molecular formula is C8H12F3NO4S. The molecule has 0 saturated carbocycles. The SMILES string of the molecule is CC1CCN(S(=O)(=O)C(F)(F)F)C(C(=O)O)C1. The summed E-state index contributed by atoms with van der Waals surface area (Å²) in [5.74, 6) is -1.67. The molecule has 0 aromatic carbocycles. The van der Waals surface area contributed by atoms with Gasteiger partial charge in [0.1, 0.15) is 6.04 Å². The summed E-state index contributed by atoms with van der Waals surface area (Å²) in [5.41, 5.74) is -5.46. The number of rotatable bonds is 2. The van der Waals surface area contributed by atoms with Gasteiger partial charge >= 0.3 is 21.5 Å². The second-order valence-electron chi connectivity index (χ2n) is 4.05. The van der Waals surface area contributed by atoms with Crippen LogP contribution in [0.25, 0.3) is 0 Å². The van der Waals surface area contributed by atoms with E-state index in [9.17, 15) is 26.4 Å². The quantitative estimate of drug-likeness (QED) is 0.816. The van der Waals surface area contributed by atoms with Crippen LogP contribution in [0.2, 0.25) is 0 Å². The highest BCUT2D eigenvalue weighted by Crippen LogP contribution is 2.33. The highest BCUT2D eigenvalue weighted by Gasteiger charge is 2.54. The van der Waals surface area contributed by atoms with Gasteiger partial charge in [-0.1, -0.05) is 6.92 Å². The number of sulfonamides is 1. The summed E-state index contributed by atoms with van der Waals surface area (Å²) in [6.07, 6.45) is 0.115. The molecule has 2 unspecified atom stereocenters. The fourth-order valence-corrected chi connectivity index (χ4v) is 2.89. The third kappa shape index (κ3) is 2.71. The largest absolute Gasteiger partial charge is 0.511 e. The molecule has 2 atom stereocenters. The van der Waals surface area contributed by atoms with E-state index in [0.717, 1.165) is 0 Å². The number of hydrogen-bond acceptors (Lipinski definition) is 3. The van der Waals surface area contributed by atoms with Crippen LogP contribution in [-0.4, -0.2) is 41.9 Å². The van der Waals surface area contributed by atoms with Gasteiger partial charge in [-0.25, -0.2) is 8.42 Å². The van der Waals surface area contributed by atoms with Gasteiger partial charge in [-0.3, -0.25) is 4.79 Å². The predicted molar refractivity (Wildman–Crippen MR) is 51.5 cm³/mol. The number of carbonyl (C=O) groups is 1. The van der Waals surface area contributed by atoms with Gasteiger partial charge in [-0.2, -0.15) is 17.5 Å². The van der Waals surface area contributed by atoms with Crippen LogP contribution in [0.5, 0.6) is 0 Å². The molecule has 1 heterocycles. The number of carboxylic acid groups (broad SMARTS) is 1. The standard InChI is InChI=1S/C8H12F3NO4S/c1-5-2-3-12(6(4-5)7(13)14)17(15,16)8(9,10)11/h5-6H,2-4H2,1H3,(H,13,14). The zero-order chi connectivity index (χ0) is 13.4. The van der Waals surface area contributed by atoms with Crippen molar-refractivity contribution in [2.24, 2.45) is 5.92 Å². The maximum Gasteiger partial charge on any atom is 0.511 e. The number of piperidine rings is 1. The second-order valence-corrected chi connectivity index (χ2v) is 5.93. The Morgan fingerprint density at radius 3 is 2.35 bits per heavy atom. The Morgan fingerprint density at radius 2 is 1.94 bits per heavy atom. The second kappa shape index (κ2) is 4.45. The predicted octanol–water partition coefficient (Wildman–Crippen LogP) is 1.02. The fourth-order valence-electron chi connectivity index (χ4n) is 1.76. The van der Waals surface area contributed by atoms with E-state index < -0.39 is 34.1 Å². The van der Waals surface area contributed by atoms with Crippen LogP contribution in [0.3, 0.4) is 0 Å². The summed E-state index contributed by atoms with van der Waals surface area (Å²) in [7, 11) is -5.56. The van der Waals surface area contributed by atoms with Gasteiger partial charge in [0.2, 0.25) is 0 Å². The third-order valence-electron chi connectivity index (χ3n) is 2.70. The summed E-state index contributed by atoms with van der Waals surface area (Å²) in [6.45, 7) is 1.26. The molecule has 0 aliphatic carbocycles. The van der Waals surface area contributed by atoms with Gasteiger partial charge in [-0.05, 0) is 18.8 Å². The van der Waals surface area contributed by atoms with Crippen molar-refractivity contribution in [3.8, 4) is 0 Å². The van der Waals surface area contributed by atoms with Crippen LogP contribution in [0.15, 0.2) is 0 Å². The number of aliphatic carboxylic acids is 1. The van der Waals surface area contributed by atoms with E-state index in [-0.39, 0.29) is 23.1 Å².